The summed E-state index contributed by atoms with van der Waals surface area (Å²) in [5.74, 6) is 1.02. The van der Waals surface area contributed by atoms with Crippen molar-refractivity contribution < 1.29 is 0 Å². The van der Waals surface area contributed by atoms with Crippen LogP contribution in [0.2, 0.25) is 0 Å². The third-order valence-corrected chi connectivity index (χ3v) is 2.88. The zero-order chi connectivity index (χ0) is 11.4. The Morgan fingerprint density at radius 2 is 2.06 bits per heavy atom. The van der Waals surface area contributed by atoms with E-state index in [0.717, 1.165) is 38.5 Å². The van der Waals surface area contributed by atoms with Crippen LogP contribution in [-0.2, 0) is 6.54 Å². The van der Waals surface area contributed by atoms with E-state index in [4.69, 9.17) is 0 Å². The van der Waals surface area contributed by atoms with Crippen molar-refractivity contribution in [2.75, 3.05) is 45.2 Å². The van der Waals surface area contributed by atoms with Crippen LogP contribution in [0.1, 0.15) is 5.56 Å². The number of piperazine rings is 1. The maximum atomic E-state index is 4.43. The Morgan fingerprint density at radius 1 is 1.31 bits per heavy atom. The van der Waals surface area contributed by atoms with Gasteiger partial charge in [-0.05, 0) is 11.6 Å². The topological polar surface area (TPSA) is 31.4 Å². The molecule has 0 saturated carbocycles. The molecule has 1 fully saturated rings. The lowest BCUT2D eigenvalue weighted by molar-refractivity contribution is 0.233. The highest BCUT2D eigenvalue weighted by atomic mass is 15.2. The fourth-order valence-electron chi connectivity index (χ4n) is 1.90. The normalized spacial score (nSPS) is 17.4. The minimum atomic E-state index is 1.02. The van der Waals surface area contributed by atoms with E-state index >= 15 is 0 Å². The van der Waals surface area contributed by atoms with Crippen molar-refractivity contribution in [1.29, 1.82) is 0 Å². The fourth-order valence-corrected chi connectivity index (χ4v) is 1.90. The van der Waals surface area contributed by atoms with E-state index in [0.29, 0.717) is 0 Å². The lowest BCUT2D eigenvalue weighted by Gasteiger charge is -2.27. The second-order valence-corrected chi connectivity index (χ2v) is 4.45. The molecule has 16 heavy (non-hydrogen) atoms. The molecule has 0 spiro atoms. The number of hydrogen-bond acceptors (Lipinski definition) is 4. The molecular weight excluding hydrogens is 200 g/mol. The second-order valence-electron chi connectivity index (χ2n) is 4.45. The molecule has 88 valence electrons. The van der Waals surface area contributed by atoms with Gasteiger partial charge in [-0.3, -0.25) is 4.90 Å². The van der Waals surface area contributed by atoms with Gasteiger partial charge in [0.25, 0.3) is 0 Å². The molecule has 0 amide bonds. The van der Waals surface area contributed by atoms with Crippen molar-refractivity contribution >= 4 is 5.82 Å². The standard InChI is InChI=1S/C12H20N4/c1-15(2)12-4-3-11(9-14-12)10-16-7-5-13-6-8-16/h3-4,9,13H,5-8,10H2,1-2H3. The Labute approximate surface area is 97.3 Å². The van der Waals surface area contributed by atoms with Crippen LogP contribution in [0.4, 0.5) is 5.82 Å². The van der Waals surface area contributed by atoms with Gasteiger partial charge in [-0.2, -0.15) is 0 Å². The molecule has 2 rings (SSSR count). The highest BCUT2D eigenvalue weighted by molar-refractivity contribution is 5.37. The molecule has 1 saturated heterocycles. The summed E-state index contributed by atoms with van der Waals surface area (Å²) < 4.78 is 0. The molecule has 0 aliphatic carbocycles. The maximum Gasteiger partial charge on any atom is 0.127 e. The van der Waals surface area contributed by atoms with E-state index in [1.165, 1.54) is 5.56 Å². The van der Waals surface area contributed by atoms with Crippen LogP contribution >= 0.6 is 0 Å². The van der Waals surface area contributed by atoms with Crippen molar-refractivity contribution in [3.05, 3.63) is 23.9 Å². The monoisotopic (exact) mass is 220 g/mol. The molecule has 1 N–H and O–H groups in total. The minimum Gasteiger partial charge on any atom is -0.363 e. The van der Waals surface area contributed by atoms with Gasteiger partial charge < -0.3 is 10.2 Å². The molecular formula is C12H20N4. The average Bonchev–Trinajstić information content (AvgIpc) is 2.31. The van der Waals surface area contributed by atoms with E-state index in [1.807, 2.05) is 25.2 Å². The molecule has 0 bridgehead atoms. The van der Waals surface area contributed by atoms with Gasteiger partial charge in [0, 0.05) is 53.0 Å². The summed E-state index contributed by atoms with van der Waals surface area (Å²) in [6.07, 6.45) is 1.98. The first-order chi connectivity index (χ1) is 7.75. The first-order valence-electron chi connectivity index (χ1n) is 5.81. The summed E-state index contributed by atoms with van der Waals surface area (Å²) in [5.41, 5.74) is 1.30. The van der Waals surface area contributed by atoms with E-state index < -0.39 is 0 Å². The Bertz CT molecular complexity index is 314. The van der Waals surface area contributed by atoms with Gasteiger partial charge in [0.2, 0.25) is 0 Å². The molecule has 1 aromatic rings. The molecule has 1 aliphatic rings. The summed E-state index contributed by atoms with van der Waals surface area (Å²) in [7, 11) is 4.02. The molecule has 4 heteroatoms. The highest BCUT2D eigenvalue weighted by Gasteiger charge is 2.09. The van der Waals surface area contributed by atoms with Gasteiger partial charge in [0.1, 0.15) is 5.82 Å². The van der Waals surface area contributed by atoms with Crippen molar-refractivity contribution in [2.45, 2.75) is 6.54 Å². The van der Waals surface area contributed by atoms with Gasteiger partial charge in [-0.1, -0.05) is 6.07 Å². The summed E-state index contributed by atoms with van der Waals surface area (Å²) in [5, 5.41) is 3.36. The lowest BCUT2D eigenvalue weighted by atomic mass is 10.2. The van der Waals surface area contributed by atoms with Crippen LogP contribution in [0.5, 0.6) is 0 Å². The molecule has 1 aromatic heterocycles. The average molecular weight is 220 g/mol. The Kier molecular flexibility index (Phi) is 3.74. The largest absolute Gasteiger partial charge is 0.363 e. The predicted molar refractivity (Wildman–Crippen MR) is 66.7 cm³/mol. The smallest absolute Gasteiger partial charge is 0.127 e. The lowest BCUT2D eigenvalue weighted by Crippen LogP contribution is -2.42. The molecule has 0 radical (unpaired) electrons. The van der Waals surface area contributed by atoms with Crippen LogP contribution < -0.4 is 10.2 Å². The number of rotatable bonds is 3. The number of hydrogen-bond donors (Lipinski definition) is 1. The molecule has 0 atom stereocenters. The quantitative estimate of drug-likeness (QED) is 0.806. The number of pyridine rings is 1. The number of aromatic nitrogens is 1. The summed E-state index contributed by atoms with van der Waals surface area (Å²) in [6.45, 7) is 5.49. The maximum absolute atomic E-state index is 4.43. The van der Waals surface area contributed by atoms with Crippen molar-refractivity contribution in [1.82, 2.24) is 15.2 Å². The van der Waals surface area contributed by atoms with Gasteiger partial charge in [-0.25, -0.2) is 4.98 Å². The Hall–Kier alpha value is -1.13. The predicted octanol–water partition coefficient (Wildman–Crippen LogP) is 0.553. The number of nitrogens with one attached hydrogen (secondary N) is 1. The molecule has 2 heterocycles. The van der Waals surface area contributed by atoms with Crippen LogP contribution in [0.15, 0.2) is 18.3 Å². The van der Waals surface area contributed by atoms with Gasteiger partial charge >= 0.3 is 0 Å². The van der Waals surface area contributed by atoms with Crippen LogP contribution in [0, 0.1) is 0 Å². The Morgan fingerprint density at radius 3 is 2.62 bits per heavy atom. The van der Waals surface area contributed by atoms with E-state index in [1.54, 1.807) is 0 Å². The van der Waals surface area contributed by atoms with Crippen molar-refractivity contribution in [3.8, 4) is 0 Å². The SMILES string of the molecule is CN(C)c1ccc(CN2CCNCC2)cn1. The number of anilines is 1. The highest BCUT2D eigenvalue weighted by Crippen LogP contribution is 2.10. The van der Waals surface area contributed by atoms with Gasteiger partial charge in [-0.15, -0.1) is 0 Å². The molecule has 4 nitrogen and oxygen atoms in total. The third-order valence-electron chi connectivity index (χ3n) is 2.88. The van der Waals surface area contributed by atoms with E-state index in [9.17, 15) is 0 Å². The molecule has 1 aliphatic heterocycles. The van der Waals surface area contributed by atoms with Crippen LogP contribution in [0.25, 0.3) is 0 Å². The third kappa shape index (κ3) is 2.93. The molecule has 0 unspecified atom stereocenters. The van der Waals surface area contributed by atoms with Crippen LogP contribution in [-0.4, -0.2) is 50.2 Å². The van der Waals surface area contributed by atoms with Crippen molar-refractivity contribution in [3.63, 3.8) is 0 Å². The number of nitrogens with zero attached hydrogens (tertiary/aromatic N) is 3. The molecule has 0 aromatic carbocycles. The van der Waals surface area contributed by atoms with E-state index in [2.05, 4.69) is 27.3 Å². The van der Waals surface area contributed by atoms with Crippen LogP contribution in [0.3, 0.4) is 0 Å². The first kappa shape index (κ1) is 11.4. The Balaban J connectivity index is 1.93. The summed E-state index contributed by atoms with van der Waals surface area (Å²) >= 11 is 0. The van der Waals surface area contributed by atoms with Crippen molar-refractivity contribution in [2.24, 2.45) is 0 Å². The fraction of sp³-hybridized carbons (Fsp3) is 0.583. The zero-order valence-electron chi connectivity index (χ0n) is 10.1. The van der Waals surface area contributed by atoms with Gasteiger partial charge in [0.15, 0.2) is 0 Å². The minimum absolute atomic E-state index is 1.02. The van der Waals surface area contributed by atoms with Gasteiger partial charge in [0.05, 0.1) is 0 Å². The first-order valence-corrected chi connectivity index (χ1v) is 5.81. The summed E-state index contributed by atoms with van der Waals surface area (Å²) in [6, 6.07) is 4.25. The zero-order valence-corrected chi connectivity index (χ0v) is 10.1. The van der Waals surface area contributed by atoms with E-state index in [-0.39, 0.29) is 0 Å². The summed E-state index contributed by atoms with van der Waals surface area (Å²) in [4.78, 5) is 8.91. The second kappa shape index (κ2) is 5.27.